The summed E-state index contributed by atoms with van der Waals surface area (Å²) in [7, 11) is 0. The fraction of sp³-hybridized carbons (Fsp3) is 0.158. The maximum Gasteiger partial charge on any atom is 0.422 e. The zero-order valence-corrected chi connectivity index (χ0v) is 15.3. The molecular formula is C19H11F5N4O3. The summed E-state index contributed by atoms with van der Waals surface area (Å²) >= 11 is 0. The van der Waals surface area contributed by atoms with Crippen molar-refractivity contribution in [3.8, 4) is 0 Å². The third-order valence-electron chi connectivity index (χ3n) is 4.34. The topological polar surface area (TPSA) is 96.4 Å². The average molecular weight is 438 g/mol. The van der Waals surface area contributed by atoms with Gasteiger partial charge in [0.2, 0.25) is 5.95 Å². The summed E-state index contributed by atoms with van der Waals surface area (Å²) in [5.41, 5.74) is 1.55. The monoisotopic (exact) mass is 438 g/mol. The van der Waals surface area contributed by atoms with Crippen LogP contribution < -0.4 is 5.32 Å². The Kier molecular flexibility index (Phi) is 4.91. The van der Waals surface area contributed by atoms with Crippen molar-refractivity contribution in [2.45, 2.75) is 6.18 Å². The van der Waals surface area contributed by atoms with E-state index in [0.717, 1.165) is 12.1 Å². The first-order valence-electron chi connectivity index (χ1n) is 8.68. The van der Waals surface area contributed by atoms with Crippen molar-refractivity contribution in [1.82, 2.24) is 9.97 Å². The van der Waals surface area contributed by atoms with E-state index >= 15 is 0 Å². The number of nitrogens with one attached hydrogen (secondary N) is 2. The molecule has 3 aromatic rings. The molecule has 1 aromatic heterocycles. The number of hydrogen-bond donors (Lipinski definition) is 2. The van der Waals surface area contributed by atoms with Crippen LogP contribution in [0.2, 0.25) is 0 Å². The number of carbonyl (C=O) groups excluding carboxylic acids is 2. The summed E-state index contributed by atoms with van der Waals surface area (Å²) in [6.07, 6.45) is -6.01. The maximum atomic E-state index is 13.8. The first-order chi connectivity index (χ1) is 14.6. The number of fused-ring (bicyclic) bond motifs is 2. The van der Waals surface area contributed by atoms with Gasteiger partial charge in [-0.15, -0.1) is 0 Å². The van der Waals surface area contributed by atoms with Crippen molar-refractivity contribution in [2.75, 3.05) is 18.5 Å². The number of alkyl halides is 3. The van der Waals surface area contributed by atoms with Crippen molar-refractivity contribution < 1.29 is 36.3 Å². The van der Waals surface area contributed by atoms with E-state index in [1.165, 1.54) is 12.1 Å². The Morgan fingerprint density at radius 1 is 1.13 bits per heavy atom. The molecule has 0 unspecified atom stereocenters. The molecule has 0 spiro atoms. The van der Waals surface area contributed by atoms with Gasteiger partial charge in [0, 0.05) is 16.7 Å². The number of halogens is 5. The van der Waals surface area contributed by atoms with Gasteiger partial charge in [-0.2, -0.15) is 13.2 Å². The molecule has 4 rings (SSSR count). The number of ketones is 1. The summed E-state index contributed by atoms with van der Waals surface area (Å²) in [5.74, 6) is -2.89. The van der Waals surface area contributed by atoms with Crippen LogP contribution in [0.25, 0.3) is 11.0 Å². The Hall–Kier alpha value is -3.83. The number of aliphatic imine (C=N–C) groups is 1. The number of anilines is 1. The highest BCUT2D eigenvalue weighted by atomic mass is 19.4. The van der Waals surface area contributed by atoms with Crippen molar-refractivity contribution in [1.29, 1.82) is 0 Å². The minimum Gasteiger partial charge on any atom is -0.440 e. The van der Waals surface area contributed by atoms with Crippen molar-refractivity contribution in [3.05, 3.63) is 58.7 Å². The third-order valence-corrected chi connectivity index (χ3v) is 4.34. The number of H-pyrrole nitrogens is 1. The lowest BCUT2D eigenvalue weighted by Crippen LogP contribution is -2.23. The van der Waals surface area contributed by atoms with E-state index in [-0.39, 0.29) is 29.3 Å². The second-order valence-electron chi connectivity index (χ2n) is 6.53. The van der Waals surface area contributed by atoms with Crippen molar-refractivity contribution >= 4 is 34.6 Å². The van der Waals surface area contributed by atoms with Crippen LogP contribution in [0.5, 0.6) is 0 Å². The molecular weight excluding hydrogens is 427 g/mol. The first kappa shape index (κ1) is 20.4. The molecule has 31 heavy (non-hydrogen) atoms. The van der Waals surface area contributed by atoms with E-state index in [0.29, 0.717) is 16.6 Å². The molecule has 0 saturated carbocycles. The number of nitrogens with zero attached hydrogens (tertiary/aromatic N) is 2. The van der Waals surface area contributed by atoms with Crippen LogP contribution in [-0.4, -0.2) is 46.9 Å². The number of aromatic amines is 1. The van der Waals surface area contributed by atoms with Gasteiger partial charge in [-0.3, -0.25) is 15.1 Å². The van der Waals surface area contributed by atoms with Crippen LogP contribution in [0.3, 0.4) is 0 Å². The molecule has 0 fully saturated rings. The van der Waals surface area contributed by atoms with E-state index in [9.17, 15) is 31.5 Å². The highest BCUT2D eigenvalue weighted by molar-refractivity contribution is 6.22. The fourth-order valence-electron chi connectivity index (χ4n) is 3.04. The first-order valence-corrected chi connectivity index (χ1v) is 8.68. The molecule has 2 N–H and O–H groups in total. The normalized spacial score (nSPS) is 13.7. The summed E-state index contributed by atoms with van der Waals surface area (Å²) in [6, 6.07) is 6.33. The zero-order valence-electron chi connectivity index (χ0n) is 15.3. The average Bonchev–Trinajstić information content (AvgIpc) is 3.09. The number of carbonyl (C=O) groups is 2. The second kappa shape index (κ2) is 7.45. The van der Waals surface area contributed by atoms with Gasteiger partial charge >= 0.3 is 12.3 Å². The van der Waals surface area contributed by atoms with E-state index in [2.05, 4.69) is 19.7 Å². The quantitative estimate of drug-likeness (QED) is 0.605. The van der Waals surface area contributed by atoms with Gasteiger partial charge in [0.1, 0.15) is 6.54 Å². The molecule has 160 valence electrons. The van der Waals surface area contributed by atoms with Gasteiger partial charge in [0.05, 0.1) is 16.7 Å². The third kappa shape index (κ3) is 4.22. The Balaban J connectivity index is 1.62. The van der Waals surface area contributed by atoms with E-state index in [1.807, 2.05) is 5.32 Å². The molecule has 1 amide bonds. The van der Waals surface area contributed by atoms with Gasteiger partial charge in [0.15, 0.2) is 24.0 Å². The predicted octanol–water partition coefficient (Wildman–Crippen LogP) is 3.99. The molecule has 0 aliphatic carbocycles. The van der Waals surface area contributed by atoms with Crippen LogP contribution in [0.15, 0.2) is 35.3 Å². The predicted molar refractivity (Wildman–Crippen MR) is 98.3 cm³/mol. The number of aromatic nitrogens is 2. The van der Waals surface area contributed by atoms with Gasteiger partial charge < -0.3 is 9.72 Å². The summed E-state index contributed by atoms with van der Waals surface area (Å²) in [4.78, 5) is 34.4. The van der Waals surface area contributed by atoms with Gasteiger partial charge in [-0.05, 0) is 24.3 Å². The minimum atomic E-state index is -4.67. The standard InChI is InChI=1S/C19H11F5N4O3/c20-11-4-9-10(5-12(11)21)16(25-6-15(9)29)8-1-2-13-14(3-8)27-17(26-13)28-18(30)31-7-19(22,23)24/h1-5H,6-7H2,(H2,26,27,28,30). The highest BCUT2D eigenvalue weighted by Crippen LogP contribution is 2.25. The molecule has 0 radical (unpaired) electrons. The molecule has 2 aromatic carbocycles. The summed E-state index contributed by atoms with van der Waals surface area (Å²) in [5, 5.41) is 2.04. The highest BCUT2D eigenvalue weighted by Gasteiger charge is 2.30. The van der Waals surface area contributed by atoms with Crippen LogP contribution in [0.1, 0.15) is 21.5 Å². The zero-order chi connectivity index (χ0) is 22.3. The molecule has 0 bridgehead atoms. The van der Waals surface area contributed by atoms with Crippen LogP contribution >= 0.6 is 0 Å². The number of imidazole rings is 1. The number of rotatable bonds is 3. The molecule has 0 atom stereocenters. The number of amides is 1. The smallest absolute Gasteiger partial charge is 0.422 e. The SMILES string of the molecule is O=C(Nc1nc2ccc(C3=NCC(=O)c4cc(F)c(F)cc43)cc2[nH]1)OCC(F)(F)F. The number of ether oxygens (including phenoxy) is 1. The van der Waals surface area contributed by atoms with Crippen molar-refractivity contribution in [3.63, 3.8) is 0 Å². The minimum absolute atomic E-state index is 0.00312. The largest absolute Gasteiger partial charge is 0.440 e. The second-order valence-corrected chi connectivity index (χ2v) is 6.53. The lowest BCUT2D eigenvalue weighted by atomic mass is 9.92. The molecule has 2 heterocycles. The number of Topliss-reactive ketones (excluding diaryl/α,β-unsaturated/α-hetero) is 1. The van der Waals surface area contributed by atoms with E-state index < -0.39 is 36.3 Å². The molecule has 0 saturated heterocycles. The van der Waals surface area contributed by atoms with E-state index in [4.69, 9.17) is 0 Å². The summed E-state index contributed by atoms with van der Waals surface area (Å²) < 4.78 is 67.7. The molecule has 1 aliphatic rings. The van der Waals surface area contributed by atoms with Gasteiger partial charge in [-0.25, -0.2) is 18.6 Å². The van der Waals surface area contributed by atoms with E-state index in [1.54, 1.807) is 6.07 Å². The molecule has 7 nitrogen and oxygen atoms in total. The Morgan fingerprint density at radius 3 is 2.55 bits per heavy atom. The van der Waals surface area contributed by atoms with Crippen LogP contribution in [-0.2, 0) is 4.74 Å². The maximum absolute atomic E-state index is 13.8. The number of benzene rings is 2. The molecule has 1 aliphatic heterocycles. The van der Waals surface area contributed by atoms with Gasteiger partial charge in [0.25, 0.3) is 0 Å². The van der Waals surface area contributed by atoms with Gasteiger partial charge in [-0.1, -0.05) is 6.07 Å². The lowest BCUT2D eigenvalue weighted by molar-refractivity contribution is -0.159. The van der Waals surface area contributed by atoms with Crippen LogP contribution in [0.4, 0.5) is 32.7 Å². The summed E-state index contributed by atoms with van der Waals surface area (Å²) in [6.45, 7) is -2.00. The lowest BCUT2D eigenvalue weighted by Gasteiger charge is -2.16. The fourth-order valence-corrected chi connectivity index (χ4v) is 3.04. The van der Waals surface area contributed by atoms with Crippen molar-refractivity contribution in [2.24, 2.45) is 4.99 Å². The number of hydrogen-bond acceptors (Lipinski definition) is 5. The Bertz CT molecular complexity index is 1250. The Morgan fingerprint density at radius 2 is 1.84 bits per heavy atom. The Labute approximate surface area is 169 Å². The molecule has 12 heteroatoms. The van der Waals surface area contributed by atoms with Crippen LogP contribution in [0, 0.1) is 11.6 Å².